The molecule has 1 N–H and O–H groups in total. The number of methoxy groups -OCH3 is 1. The van der Waals surface area contributed by atoms with Gasteiger partial charge in [-0.2, -0.15) is 5.26 Å². The molecular formula is C14H19ClN2O. The Morgan fingerprint density at radius 2 is 1.89 bits per heavy atom. The summed E-state index contributed by atoms with van der Waals surface area (Å²) in [4.78, 5) is 0. The van der Waals surface area contributed by atoms with E-state index in [4.69, 9.17) is 21.6 Å². The van der Waals surface area contributed by atoms with Gasteiger partial charge in [0.05, 0.1) is 18.9 Å². The van der Waals surface area contributed by atoms with E-state index >= 15 is 0 Å². The number of anilines is 1. The van der Waals surface area contributed by atoms with Crippen LogP contribution in [0, 0.1) is 32.1 Å². The van der Waals surface area contributed by atoms with Crippen molar-refractivity contribution in [3.8, 4) is 11.8 Å². The second-order valence-corrected chi connectivity index (χ2v) is 4.66. The second-order valence-electron chi connectivity index (χ2n) is 4.29. The number of nitrogens with one attached hydrogen (secondary N) is 1. The van der Waals surface area contributed by atoms with Gasteiger partial charge in [-0.05, 0) is 43.9 Å². The highest BCUT2D eigenvalue weighted by atomic mass is 35.5. The first-order valence-corrected chi connectivity index (χ1v) is 6.36. The number of hydrogen-bond donors (Lipinski definition) is 1. The van der Waals surface area contributed by atoms with Gasteiger partial charge in [-0.3, -0.25) is 0 Å². The molecule has 0 aliphatic heterocycles. The van der Waals surface area contributed by atoms with Gasteiger partial charge in [0.15, 0.2) is 0 Å². The van der Waals surface area contributed by atoms with Crippen molar-refractivity contribution >= 4 is 17.3 Å². The number of hydrogen-bond acceptors (Lipinski definition) is 3. The van der Waals surface area contributed by atoms with Crippen LogP contribution in [0.5, 0.6) is 5.75 Å². The van der Waals surface area contributed by atoms with E-state index in [1.54, 1.807) is 7.11 Å². The van der Waals surface area contributed by atoms with E-state index in [0.29, 0.717) is 6.42 Å². The van der Waals surface area contributed by atoms with Gasteiger partial charge in [0, 0.05) is 18.0 Å². The van der Waals surface area contributed by atoms with Crippen LogP contribution in [-0.4, -0.2) is 13.7 Å². The van der Waals surface area contributed by atoms with Crippen LogP contribution in [0.2, 0.25) is 5.02 Å². The number of nitrogens with zero attached hydrogens (tertiary/aromatic N) is 1. The van der Waals surface area contributed by atoms with Crippen molar-refractivity contribution in [2.24, 2.45) is 0 Å². The fourth-order valence-electron chi connectivity index (χ4n) is 1.93. The van der Waals surface area contributed by atoms with Crippen molar-refractivity contribution < 1.29 is 4.74 Å². The molecule has 1 aromatic rings. The molecule has 0 unspecified atom stereocenters. The fraction of sp³-hybridized carbons (Fsp3) is 0.500. The van der Waals surface area contributed by atoms with Crippen molar-refractivity contribution in [2.75, 3.05) is 19.0 Å². The Balaban J connectivity index is 3.06. The Labute approximate surface area is 114 Å². The molecule has 0 bridgehead atoms. The highest BCUT2D eigenvalue weighted by Crippen LogP contribution is 2.39. The van der Waals surface area contributed by atoms with Gasteiger partial charge in [-0.25, -0.2) is 0 Å². The van der Waals surface area contributed by atoms with Crippen molar-refractivity contribution in [3.63, 3.8) is 0 Å². The van der Waals surface area contributed by atoms with Gasteiger partial charge in [0.2, 0.25) is 0 Å². The molecule has 0 aromatic heterocycles. The molecule has 1 aromatic carbocycles. The van der Waals surface area contributed by atoms with E-state index < -0.39 is 0 Å². The maximum atomic E-state index is 8.52. The first-order chi connectivity index (χ1) is 8.54. The summed E-state index contributed by atoms with van der Waals surface area (Å²) in [5.74, 6) is 0.839. The zero-order valence-corrected chi connectivity index (χ0v) is 12.1. The lowest BCUT2D eigenvalue weighted by Crippen LogP contribution is -2.07. The van der Waals surface area contributed by atoms with E-state index in [1.807, 2.05) is 20.8 Å². The van der Waals surface area contributed by atoms with Crippen molar-refractivity contribution in [3.05, 3.63) is 21.7 Å². The fourth-order valence-corrected chi connectivity index (χ4v) is 2.17. The van der Waals surface area contributed by atoms with E-state index in [9.17, 15) is 0 Å². The van der Waals surface area contributed by atoms with E-state index in [2.05, 4.69) is 11.4 Å². The van der Waals surface area contributed by atoms with E-state index in [0.717, 1.165) is 46.1 Å². The molecular weight excluding hydrogens is 248 g/mol. The molecule has 0 radical (unpaired) electrons. The first kappa shape index (κ1) is 14.7. The minimum Gasteiger partial charge on any atom is -0.494 e. The predicted octanol–water partition coefficient (Wildman–Crippen LogP) is 3.99. The van der Waals surface area contributed by atoms with Crippen LogP contribution < -0.4 is 10.1 Å². The van der Waals surface area contributed by atoms with Crippen LogP contribution in [0.3, 0.4) is 0 Å². The number of halogens is 1. The molecule has 0 atom stereocenters. The summed E-state index contributed by atoms with van der Waals surface area (Å²) in [6.45, 7) is 6.71. The molecule has 1 rings (SSSR count). The largest absolute Gasteiger partial charge is 0.494 e. The third kappa shape index (κ3) is 2.88. The molecule has 98 valence electrons. The Morgan fingerprint density at radius 3 is 2.44 bits per heavy atom. The number of rotatable bonds is 5. The topological polar surface area (TPSA) is 45.0 Å². The van der Waals surface area contributed by atoms with Crippen LogP contribution in [0.15, 0.2) is 0 Å². The monoisotopic (exact) mass is 266 g/mol. The maximum Gasteiger partial charge on any atom is 0.145 e. The summed E-state index contributed by atoms with van der Waals surface area (Å²) in [5, 5.41) is 12.6. The second kappa shape index (κ2) is 6.51. The van der Waals surface area contributed by atoms with Crippen molar-refractivity contribution in [2.45, 2.75) is 33.6 Å². The summed E-state index contributed by atoms with van der Waals surface area (Å²) in [7, 11) is 1.66. The molecule has 0 aliphatic rings. The Hall–Kier alpha value is -1.40. The molecule has 0 heterocycles. The molecule has 0 spiro atoms. The van der Waals surface area contributed by atoms with Crippen molar-refractivity contribution in [1.82, 2.24) is 0 Å². The zero-order chi connectivity index (χ0) is 13.7. The van der Waals surface area contributed by atoms with Crippen LogP contribution in [0.1, 0.15) is 29.5 Å². The predicted molar refractivity (Wildman–Crippen MR) is 75.6 cm³/mol. The van der Waals surface area contributed by atoms with Gasteiger partial charge >= 0.3 is 0 Å². The van der Waals surface area contributed by atoms with Gasteiger partial charge in [-0.1, -0.05) is 11.6 Å². The smallest absolute Gasteiger partial charge is 0.145 e. The molecule has 0 saturated carbocycles. The number of benzene rings is 1. The SMILES string of the molecule is COc1c(C)c(C)c(Cl)c(C)c1NCCCC#N. The highest BCUT2D eigenvalue weighted by Gasteiger charge is 2.16. The zero-order valence-electron chi connectivity index (χ0n) is 11.4. The number of unbranched alkanes of at least 4 members (excludes halogenated alkanes) is 1. The van der Waals surface area contributed by atoms with Crippen LogP contribution >= 0.6 is 11.6 Å². The molecule has 0 amide bonds. The summed E-state index contributed by atoms with van der Waals surface area (Å²) < 4.78 is 5.46. The minimum atomic E-state index is 0.549. The quantitative estimate of drug-likeness (QED) is 0.820. The Kier molecular flexibility index (Phi) is 5.30. The number of ether oxygens (including phenoxy) is 1. The summed E-state index contributed by atoms with van der Waals surface area (Å²) in [6, 6.07) is 2.13. The lowest BCUT2D eigenvalue weighted by molar-refractivity contribution is 0.412. The standard InChI is InChI=1S/C14H19ClN2O/c1-9-10(2)14(18-4)13(11(3)12(9)15)17-8-6-5-7-16/h17H,5-6,8H2,1-4H3. The molecule has 4 heteroatoms. The van der Waals surface area contributed by atoms with Gasteiger partial charge < -0.3 is 10.1 Å². The maximum absolute atomic E-state index is 8.52. The van der Waals surface area contributed by atoms with E-state index in [-0.39, 0.29) is 0 Å². The third-order valence-electron chi connectivity index (χ3n) is 3.13. The Morgan fingerprint density at radius 1 is 1.22 bits per heavy atom. The molecule has 18 heavy (non-hydrogen) atoms. The molecule has 0 saturated heterocycles. The third-order valence-corrected chi connectivity index (χ3v) is 3.70. The Bertz CT molecular complexity index is 478. The minimum absolute atomic E-state index is 0.549. The van der Waals surface area contributed by atoms with Gasteiger partial charge in [0.25, 0.3) is 0 Å². The average molecular weight is 267 g/mol. The average Bonchev–Trinajstić information content (AvgIpc) is 2.38. The molecule has 0 fully saturated rings. The van der Waals surface area contributed by atoms with Gasteiger partial charge in [-0.15, -0.1) is 0 Å². The lowest BCUT2D eigenvalue weighted by atomic mass is 10.0. The number of nitriles is 1. The summed E-state index contributed by atoms with van der Waals surface area (Å²) >= 11 is 6.31. The van der Waals surface area contributed by atoms with Gasteiger partial charge in [0.1, 0.15) is 5.75 Å². The molecule has 0 aliphatic carbocycles. The van der Waals surface area contributed by atoms with Crippen LogP contribution in [-0.2, 0) is 0 Å². The van der Waals surface area contributed by atoms with Crippen LogP contribution in [0.25, 0.3) is 0 Å². The van der Waals surface area contributed by atoms with Crippen LogP contribution in [0.4, 0.5) is 5.69 Å². The molecule has 3 nitrogen and oxygen atoms in total. The first-order valence-electron chi connectivity index (χ1n) is 5.98. The normalized spacial score (nSPS) is 10.0. The van der Waals surface area contributed by atoms with E-state index in [1.165, 1.54) is 0 Å². The lowest BCUT2D eigenvalue weighted by Gasteiger charge is -2.19. The summed E-state index contributed by atoms with van der Waals surface area (Å²) in [6.07, 6.45) is 1.36. The highest BCUT2D eigenvalue weighted by molar-refractivity contribution is 6.32. The summed E-state index contributed by atoms with van der Waals surface area (Å²) in [5.41, 5.74) is 4.03. The van der Waals surface area contributed by atoms with Crippen molar-refractivity contribution in [1.29, 1.82) is 5.26 Å².